The Morgan fingerprint density at radius 3 is 2.35 bits per heavy atom. The number of thiophene rings is 1. The van der Waals surface area contributed by atoms with Crippen LogP contribution in [-0.2, 0) is 0 Å². The maximum absolute atomic E-state index is 12.3. The molecule has 5 heteroatoms. The molecule has 0 bridgehead atoms. The molecule has 2 aromatic rings. The van der Waals surface area contributed by atoms with Gasteiger partial charge in [-0.1, -0.05) is 19.9 Å². The SMILES string of the molecule is CC(C)C(NC(=O)c1cc(N)cc(N)c1)c1cccs1. The van der Waals surface area contributed by atoms with E-state index in [1.54, 1.807) is 29.5 Å². The third kappa shape index (κ3) is 3.30. The van der Waals surface area contributed by atoms with Gasteiger partial charge in [0.25, 0.3) is 5.91 Å². The van der Waals surface area contributed by atoms with E-state index in [9.17, 15) is 4.79 Å². The van der Waals surface area contributed by atoms with Crippen molar-refractivity contribution in [2.75, 3.05) is 11.5 Å². The number of anilines is 2. The zero-order valence-corrected chi connectivity index (χ0v) is 12.4. The van der Waals surface area contributed by atoms with Crippen molar-refractivity contribution in [2.24, 2.45) is 5.92 Å². The number of carbonyl (C=O) groups excluding carboxylic acids is 1. The minimum absolute atomic E-state index is 0.00912. The predicted octanol–water partition coefficient (Wildman–Crippen LogP) is 3.04. The van der Waals surface area contributed by atoms with Gasteiger partial charge >= 0.3 is 0 Å². The molecule has 0 radical (unpaired) electrons. The zero-order valence-electron chi connectivity index (χ0n) is 11.6. The summed E-state index contributed by atoms with van der Waals surface area (Å²) < 4.78 is 0. The van der Waals surface area contributed by atoms with Crippen LogP contribution < -0.4 is 16.8 Å². The summed E-state index contributed by atoms with van der Waals surface area (Å²) in [5.41, 5.74) is 12.9. The molecule has 0 saturated heterocycles. The number of amides is 1. The summed E-state index contributed by atoms with van der Waals surface area (Å²) in [5, 5.41) is 5.06. The van der Waals surface area contributed by atoms with Crippen LogP contribution in [0.1, 0.15) is 35.1 Å². The highest BCUT2D eigenvalue weighted by atomic mass is 32.1. The first-order chi connectivity index (χ1) is 9.47. The first-order valence-corrected chi connectivity index (χ1v) is 7.35. The summed E-state index contributed by atoms with van der Waals surface area (Å²) in [6.45, 7) is 4.16. The number of nitrogens with one attached hydrogen (secondary N) is 1. The van der Waals surface area contributed by atoms with E-state index in [4.69, 9.17) is 11.5 Å². The second-order valence-corrected chi connectivity index (χ2v) is 6.08. The lowest BCUT2D eigenvalue weighted by atomic mass is 10.0. The summed E-state index contributed by atoms with van der Waals surface area (Å²) in [5.74, 6) is 0.145. The molecule has 20 heavy (non-hydrogen) atoms. The smallest absolute Gasteiger partial charge is 0.251 e. The molecule has 1 heterocycles. The van der Waals surface area contributed by atoms with Crippen LogP contribution in [0.3, 0.4) is 0 Å². The summed E-state index contributed by atoms with van der Waals surface area (Å²) in [6.07, 6.45) is 0. The number of benzene rings is 1. The molecule has 0 saturated carbocycles. The van der Waals surface area contributed by atoms with Crippen molar-refractivity contribution in [3.63, 3.8) is 0 Å². The topological polar surface area (TPSA) is 81.1 Å². The number of hydrogen-bond acceptors (Lipinski definition) is 4. The van der Waals surface area contributed by atoms with Gasteiger partial charge in [-0.2, -0.15) is 0 Å². The predicted molar refractivity (Wildman–Crippen MR) is 84.6 cm³/mol. The van der Waals surface area contributed by atoms with Gasteiger partial charge in [-0.25, -0.2) is 0 Å². The highest BCUT2D eigenvalue weighted by molar-refractivity contribution is 7.10. The molecule has 1 unspecified atom stereocenters. The number of rotatable bonds is 4. The number of hydrogen-bond donors (Lipinski definition) is 3. The van der Waals surface area contributed by atoms with E-state index in [-0.39, 0.29) is 11.9 Å². The molecule has 1 aromatic carbocycles. The van der Waals surface area contributed by atoms with Crippen LogP contribution in [0.2, 0.25) is 0 Å². The van der Waals surface area contributed by atoms with Gasteiger partial charge in [0, 0.05) is 21.8 Å². The molecule has 0 spiro atoms. The molecule has 106 valence electrons. The number of carbonyl (C=O) groups is 1. The van der Waals surface area contributed by atoms with E-state index < -0.39 is 0 Å². The van der Waals surface area contributed by atoms with E-state index >= 15 is 0 Å². The normalized spacial score (nSPS) is 12.3. The average molecular weight is 289 g/mol. The van der Waals surface area contributed by atoms with Gasteiger partial charge in [0.15, 0.2) is 0 Å². The van der Waals surface area contributed by atoms with Crippen molar-refractivity contribution < 1.29 is 4.79 Å². The Balaban J connectivity index is 2.20. The summed E-state index contributed by atoms with van der Waals surface area (Å²) in [7, 11) is 0. The Morgan fingerprint density at radius 2 is 1.85 bits per heavy atom. The van der Waals surface area contributed by atoms with Crippen LogP contribution in [0, 0.1) is 5.92 Å². The fraction of sp³-hybridized carbons (Fsp3) is 0.267. The molecule has 1 aromatic heterocycles. The Bertz CT molecular complexity index is 573. The van der Waals surface area contributed by atoms with Gasteiger partial charge in [-0.05, 0) is 35.6 Å². The van der Waals surface area contributed by atoms with E-state index in [1.807, 2.05) is 17.5 Å². The maximum Gasteiger partial charge on any atom is 0.251 e. The molecule has 5 N–H and O–H groups in total. The van der Waals surface area contributed by atoms with Crippen molar-refractivity contribution >= 4 is 28.6 Å². The lowest BCUT2D eigenvalue weighted by molar-refractivity contribution is 0.0926. The fourth-order valence-electron chi connectivity index (χ4n) is 2.07. The van der Waals surface area contributed by atoms with Crippen LogP contribution in [-0.4, -0.2) is 5.91 Å². The minimum Gasteiger partial charge on any atom is -0.399 e. The van der Waals surface area contributed by atoms with Crippen molar-refractivity contribution in [1.29, 1.82) is 0 Å². The summed E-state index contributed by atoms with van der Waals surface area (Å²) in [6, 6.07) is 8.92. The zero-order chi connectivity index (χ0) is 14.7. The van der Waals surface area contributed by atoms with E-state index in [0.29, 0.717) is 22.9 Å². The Kier molecular flexibility index (Phi) is 4.29. The van der Waals surface area contributed by atoms with E-state index in [1.165, 1.54) is 0 Å². The summed E-state index contributed by atoms with van der Waals surface area (Å²) in [4.78, 5) is 13.5. The lowest BCUT2D eigenvalue weighted by Gasteiger charge is -2.21. The van der Waals surface area contributed by atoms with Gasteiger partial charge in [0.05, 0.1) is 6.04 Å². The van der Waals surface area contributed by atoms with Crippen LogP contribution in [0.5, 0.6) is 0 Å². The molecule has 0 aliphatic heterocycles. The molecular weight excluding hydrogens is 270 g/mol. The highest BCUT2D eigenvalue weighted by Crippen LogP contribution is 2.26. The fourth-order valence-corrected chi connectivity index (χ4v) is 3.02. The Hall–Kier alpha value is -2.01. The number of nitrogen functional groups attached to an aromatic ring is 2. The van der Waals surface area contributed by atoms with Crippen molar-refractivity contribution in [3.8, 4) is 0 Å². The monoisotopic (exact) mass is 289 g/mol. The van der Waals surface area contributed by atoms with E-state index in [2.05, 4.69) is 19.2 Å². The third-order valence-electron chi connectivity index (χ3n) is 3.04. The summed E-state index contributed by atoms with van der Waals surface area (Å²) >= 11 is 1.64. The molecule has 0 aliphatic carbocycles. The lowest BCUT2D eigenvalue weighted by Crippen LogP contribution is -2.31. The third-order valence-corrected chi connectivity index (χ3v) is 4.00. The van der Waals surface area contributed by atoms with Crippen LogP contribution in [0.4, 0.5) is 11.4 Å². The molecular formula is C15H19N3OS. The van der Waals surface area contributed by atoms with Gasteiger partial charge < -0.3 is 16.8 Å². The van der Waals surface area contributed by atoms with Crippen molar-refractivity contribution in [1.82, 2.24) is 5.32 Å². The molecule has 1 amide bonds. The molecule has 0 fully saturated rings. The van der Waals surface area contributed by atoms with Crippen LogP contribution >= 0.6 is 11.3 Å². The molecule has 0 aliphatic rings. The van der Waals surface area contributed by atoms with E-state index in [0.717, 1.165) is 4.88 Å². The average Bonchev–Trinajstić information content (AvgIpc) is 2.87. The molecule has 2 rings (SSSR count). The van der Waals surface area contributed by atoms with Gasteiger partial charge in [0.1, 0.15) is 0 Å². The molecule has 4 nitrogen and oxygen atoms in total. The minimum atomic E-state index is -0.156. The second-order valence-electron chi connectivity index (χ2n) is 5.10. The number of nitrogens with two attached hydrogens (primary N) is 2. The molecule has 1 atom stereocenters. The van der Waals surface area contributed by atoms with Crippen molar-refractivity contribution in [2.45, 2.75) is 19.9 Å². The standard InChI is InChI=1S/C15H19N3OS/c1-9(2)14(13-4-3-5-20-13)18-15(19)10-6-11(16)8-12(17)7-10/h3-9,14H,16-17H2,1-2H3,(H,18,19). The van der Waals surface area contributed by atoms with Crippen LogP contribution in [0.15, 0.2) is 35.7 Å². The van der Waals surface area contributed by atoms with Gasteiger partial charge in [-0.3, -0.25) is 4.79 Å². The highest BCUT2D eigenvalue weighted by Gasteiger charge is 2.20. The first kappa shape index (κ1) is 14.4. The van der Waals surface area contributed by atoms with Crippen molar-refractivity contribution in [3.05, 3.63) is 46.2 Å². The Morgan fingerprint density at radius 1 is 1.20 bits per heavy atom. The first-order valence-electron chi connectivity index (χ1n) is 6.47. The van der Waals surface area contributed by atoms with Gasteiger partial charge in [-0.15, -0.1) is 11.3 Å². The maximum atomic E-state index is 12.3. The van der Waals surface area contributed by atoms with Crippen LogP contribution in [0.25, 0.3) is 0 Å². The quantitative estimate of drug-likeness (QED) is 0.757. The largest absolute Gasteiger partial charge is 0.399 e. The van der Waals surface area contributed by atoms with Gasteiger partial charge in [0.2, 0.25) is 0 Å². The Labute approximate surface area is 122 Å². The second kappa shape index (κ2) is 5.96.